The van der Waals surface area contributed by atoms with Crippen LogP contribution < -0.4 is 0 Å². The van der Waals surface area contributed by atoms with Crippen LogP contribution in [-0.2, 0) is 4.79 Å². The van der Waals surface area contributed by atoms with Gasteiger partial charge in [-0.25, -0.2) is 0 Å². The standard InChI is InChI=1S/C10H10N2O2S/c1-2-8(10(13)14)15-9-6-12-4-3-7(9)5-11/h3-4,6,8H,2H2,1H3,(H,13,14). The number of nitriles is 1. The van der Waals surface area contributed by atoms with Crippen molar-refractivity contribution in [2.75, 3.05) is 0 Å². The molecule has 5 heteroatoms. The van der Waals surface area contributed by atoms with Gasteiger partial charge < -0.3 is 5.11 Å². The number of aromatic nitrogens is 1. The molecule has 0 spiro atoms. The van der Waals surface area contributed by atoms with Crippen molar-refractivity contribution in [3.63, 3.8) is 0 Å². The minimum atomic E-state index is -0.866. The summed E-state index contributed by atoms with van der Waals surface area (Å²) >= 11 is 1.16. The van der Waals surface area contributed by atoms with Crippen molar-refractivity contribution in [1.82, 2.24) is 4.98 Å². The van der Waals surface area contributed by atoms with E-state index >= 15 is 0 Å². The molecule has 1 heterocycles. The fourth-order valence-corrected chi connectivity index (χ4v) is 1.96. The SMILES string of the molecule is CCC(Sc1cnccc1C#N)C(=O)O. The van der Waals surface area contributed by atoms with Crippen LogP contribution in [0.4, 0.5) is 0 Å². The molecule has 1 aromatic rings. The Kier molecular flexibility index (Phi) is 4.13. The van der Waals surface area contributed by atoms with Gasteiger partial charge in [0.05, 0.1) is 5.56 Å². The Morgan fingerprint density at radius 3 is 3.07 bits per heavy atom. The Morgan fingerprint density at radius 2 is 2.53 bits per heavy atom. The predicted octanol–water partition coefficient (Wildman–Crippen LogP) is 1.91. The third-order valence-electron chi connectivity index (χ3n) is 1.82. The van der Waals surface area contributed by atoms with Crippen LogP contribution in [0.25, 0.3) is 0 Å². The summed E-state index contributed by atoms with van der Waals surface area (Å²) in [4.78, 5) is 15.3. The molecule has 4 nitrogen and oxygen atoms in total. The normalized spacial score (nSPS) is 11.7. The molecule has 1 aromatic heterocycles. The van der Waals surface area contributed by atoms with E-state index in [1.165, 1.54) is 12.4 Å². The molecule has 0 aliphatic heterocycles. The van der Waals surface area contributed by atoms with Crippen molar-refractivity contribution < 1.29 is 9.90 Å². The van der Waals surface area contributed by atoms with Crippen molar-refractivity contribution >= 4 is 17.7 Å². The van der Waals surface area contributed by atoms with Gasteiger partial charge in [-0.2, -0.15) is 5.26 Å². The monoisotopic (exact) mass is 222 g/mol. The molecule has 0 aliphatic carbocycles. The molecular weight excluding hydrogens is 212 g/mol. The number of nitrogens with zero attached hydrogens (tertiary/aromatic N) is 2. The molecule has 0 aromatic carbocycles. The Balaban J connectivity index is 2.89. The zero-order chi connectivity index (χ0) is 11.3. The summed E-state index contributed by atoms with van der Waals surface area (Å²) in [6.45, 7) is 1.80. The molecule has 0 fully saturated rings. The summed E-state index contributed by atoms with van der Waals surface area (Å²) in [5.41, 5.74) is 0.467. The number of carbonyl (C=O) groups is 1. The minimum absolute atomic E-state index is 0.467. The summed E-state index contributed by atoms with van der Waals surface area (Å²) in [6, 6.07) is 3.59. The van der Waals surface area contributed by atoms with Gasteiger partial charge in [0.2, 0.25) is 0 Å². The maximum Gasteiger partial charge on any atom is 0.316 e. The van der Waals surface area contributed by atoms with Gasteiger partial charge in [0, 0.05) is 17.3 Å². The molecule has 0 radical (unpaired) electrons. The van der Waals surface area contributed by atoms with Crippen LogP contribution in [0.3, 0.4) is 0 Å². The third kappa shape index (κ3) is 2.96. The lowest BCUT2D eigenvalue weighted by molar-refractivity contribution is -0.136. The maximum atomic E-state index is 10.8. The molecule has 78 valence electrons. The molecular formula is C10H10N2O2S. The summed E-state index contributed by atoms with van der Waals surface area (Å²) in [7, 11) is 0. The van der Waals surface area contributed by atoms with Crippen molar-refractivity contribution in [2.24, 2.45) is 0 Å². The zero-order valence-electron chi connectivity index (χ0n) is 8.17. The molecule has 0 aliphatic rings. The van der Waals surface area contributed by atoms with E-state index in [0.717, 1.165) is 11.8 Å². The Bertz CT molecular complexity index is 401. The topological polar surface area (TPSA) is 74.0 Å². The molecule has 0 saturated carbocycles. The minimum Gasteiger partial charge on any atom is -0.480 e. The number of rotatable bonds is 4. The van der Waals surface area contributed by atoms with Gasteiger partial charge >= 0.3 is 5.97 Å². The number of carboxylic acid groups (broad SMARTS) is 1. The van der Waals surface area contributed by atoms with Crippen LogP contribution in [0.1, 0.15) is 18.9 Å². The largest absolute Gasteiger partial charge is 0.480 e. The molecule has 1 unspecified atom stereocenters. The van der Waals surface area contributed by atoms with Crippen LogP contribution in [-0.4, -0.2) is 21.3 Å². The van der Waals surface area contributed by atoms with E-state index in [0.29, 0.717) is 16.9 Å². The molecule has 15 heavy (non-hydrogen) atoms. The predicted molar refractivity (Wildman–Crippen MR) is 56.5 cm³/mol. The van der Waals surface area contributed by atoms with Crippen molar-refractivity contribution in [2.45, 2.75) is 23.5 Å². The highest BCUT2D eigenvalue weighted by Crippen LogP contribution is 2.27. The van der Waals surface area contributed by atoms with E-state index in [2.05, 4.69) is 4.98 Å². The molecule has 1 atom stereocenters. The first-order valence-electron chi connectivity index (χ1n) is 4.42. The second-order valence-corrected chi connectivity index (χ2v) is 4.08. The van der Waals surface area contributed by atoms with Gasteiger partial charge in [0.1, 0.15) is 11.3 Å². The second kappa shape index (κ2) is 5.37. The fraction of sp³-hybridized carbons (Fsp3) is 0.300. The van der Waals surface area contributed by atoms with Crippen LogP contribution in [0.2, 0.25) is 0 Å². The van der Waals surface area contributed by atoms with E-state index < -0.39 is 11.2 Å². The van der Waals surface area contributed by atoms with Gasteiger partial charge in [0.25, 0.3) is 0 Å². The van der Waals surface area contributed by atoms with Crippen LogP contribution >= 0.6 is 11.8 Å². The Morgan fingerprint density at radius 1 is 1.80 bits per heavy atom. The lowest BCUT2D eigenvalue weighted by atomic mass is 10.3. The molecule has 0 saturated heterocycles. The average molecular weight is 222 g/mol. The van der Waals surface area contributed by atoms with Gasteiger partial charge in [-0.3, -0.25) is 9.78 Å². The Hall–Kier alpha value is -1.54. The lowest BCUT2D eigenvalue weighted by Gasteiger charge is -2.09. The Labute approximate surface area is 91.9 Å². The fourth-order valence-electron chi connectivity index (χ4n) is 1.03. The first-order valence-corrected chi connectivity index (χ1v) is 5.30. The van der Waals surface area contributed by atoms with E-state index in [9.17, 15) is 4.79 Å². The first kappa shape index (κ1) is 11.5. The first-order chi connectivity index (χ1) is 7.19. The highest BCUT2D eigenvalue weighted by atomic mass is 32.2. The number of hydrogen-bond donors (Lipinski definition) is 1. The molecule has 1 rings (SSSR count). The van der Waals surface area contributed by atoms with Crippen molar-refractivity contribution in [3.05, 3.63) is 24.0 Å². The van der Waals surface area contributed by atoms with E-state index in [4.69, 9.17) is 10.4 Å². The highest BCUT2D eigenvalue weighted by molar-refractivity contribution is 8.00. The van der Waals surface area contributed by atoms with Crippen LogP contribution in [0.5, 0.6) is 0 Å². The summed E-state index contributed by atoms with van der Waals surface area (Å²) in [6.07, 6.45) is 3.55. The number of hydrogen-bond acceptors (Lipinski definition) is 4. The van der Waals surface area contributed by atoms with E-state index in [-0.39, 0.29) is 0 Å². The number of aliphatic carboxylic acids is 1. The van der Waals surface area contributed by atoms with Crippen LogP contribution in [0, 0.1) is 11.3 Å². The van der Waals surface area contributed by atoms with Crippen LogP contribution in [0.15, 0.2) is 23.4 Å². The molecule has 1 N–H and O–H groups in total. The maximum absolute atomic E-state index is 10.8. The molecule has 0 amide bonds. The summed E-state index contributed by atoms with van der Waals surface area (Å²) in [5, 5.41) is 17.2. The lowest BCUT2D eigenvalue weighted by Crippen LogP contribution is -2.14. The van der Waals surface area contributed by atoms with Gasteiger partial charge in [-0.15, -0.1) is 11.8 Å². The number of pyridine rings is 1. The summed E-state index contributed by atoms with van der Waals surface area (Å²) in [5.74, 6) is -0.866. The zero-order valence-corrected chi connectivity index (χ0v) is 8.99. The average Bonchev–Trinajstić information content (AvgIpc) is 2.25. The smallest absolute Gasteiger partial charge is 0.316 e. The highest BCUT2D eigenvalue weighted by Gasteiger charge is 2.18. The second-order valence-electron chi connectivity index (χ2n) is 2.84. The number of thioether (sulfide) groups is 1. The van der Waals surface area contributed by atoms with E-state index in [1.807, 2.05) is 6.07 Å². The van der Waals surface area contributed by atoms with E-state index in [1.54, 1.807) is 13.0 Å². The van der Waals surface area contributed by atoms with Crippen molar-refractivity contribution in [3.8, 4) is 6.07 Å². The molecule has 0 bridgehead atoms. The van der Waals surface area contributed by atoms with Gasteiger partial charge in [-0.1, -0.05) is 6.92 Å². The third-order valence-corrected chi connectivity index (χ3v) is 3.22. The summed E-state index contributed by atoms with van der Waals surface area (Å²) < 4.78 is 0. The van der Waals surface area contributed by atoms with Crippen molar-refractivity contribution in [1.29, 1.82) is 5.26 Å². The number of carboxylic acids is 1. The quantitative estimate of drug-likeness (QED) is 0.787. The van der Waals surface area contributed by atoms with Gasteiger partial charge in [-0.05, 0) is 12.5 Å². The van der Waals surface area contributed by atoms with Gasteiger partial charge in [0.15, 0.2) is 0 Å².